The predicted octanol–water partition coefficient (Wildman–Crippen LogP) is 5.28. The summed E-state index contributed by atoms with van der Waals surface area (Å²) in [6, 6.07) is 15.4. The first-order valence-electron chi connectivity index (χ1n) is 12.1. The molecular weight excluding hydrogens is 448 g/mol. The molecule has 1 aromatic heterocycles. The Bertz CT molecular complexity index is 1150. The number of hydrogen-bond acceptors (Lipinski definition) is 4. The highest BCUT2D eigenvalue weighted by Gasteiger charge is 2.51. The highest BCUT2D eigenvalue weighted by Crippen LogP contribution is 2.49. The lowest BCUT2D eigenvalue weighted by Crippen LogP contribution is -2.33. The van der Waals surface area contributed by atoms with Crippen LogP contribution >= 0.6 is 11.6 Å². The Morgan fingerprint density at radius 3 is 2.53 bits per heavy atom. The van der Waals surface area contributed by atoms with Gasteiger partial charge in [-0.1, -0.05) is 30.2 Å². The molecule has 34 heavy (non-hydrogen) atoms. The van der Waals surface area contributed by atoms with Crippen LogP contribution in [0.2, 0.25) is 5.02 Å². The molecule has 2 aliphatic rings. The van der Waals surface area contributed by atoms with E-state index in [1.165, 1.54) is 19.3 Å². The van der Waals surface area contributed by atoms with Crippen molar-refractivity contribution in [1.82, 2.24) is 14.7 Å². The Hall–Kier alpha value is -2.83. The number of carbonyl (C=O) groups excluding carboxylic acids is 1. The number of ether oxygens (including phenoxy) is 1. The zero-order valence-electron chi connectivity index (χ0n) is 19.6. The number of likely N-dealkylation sites (tertiary alicyclic amines) is 1. The Balaban J connectivity index is 1.33. The molecule has 2 aromatic carbocycles. The number of carbonyl (C=O) groups is 1. The number of hydrogen-bond donors (Lipinski definition) is 1. The summed E-state index contributed by atoms with van der Waals surface area (Å²) in [5.41, 5.74) is 3.17. The average molecular weight is 479 g/mol. The quantitative estimate of drug-likeness (QED) is 0.478. The van der Waals surface area contributed by atoms with E-state index in [1.54, 1.807) is 6.20 Å². The van der Waals surface area contributed by atoms with Crippen LogP contribution in [-0.2, 0) is 17.3 Å². The van der Waals surface area contributed by atoms with Gasteiger partial charge in [-0.2, -0.15) is 5.10 Å². The second-order valence-electron chi connectivity index (χ2n) is 9.34. The molecule has 0 radical (unpaired) electrons. The molecule has 2 fully saturated rings. The molecule has 1 aliphatic heterocycles. The molecule has 6 nitrogen and oxygen atoms in total. The van der Waals surface area contributed by atoms with Gasteiger partial charge in [-0.15, -0.1) is 0 Å². The van der Waals surface area contributed by atoms with Crippen LogP contribution in [0.4, 0.5) is 5.69 Å². The molecule has 0 atom stereocenters. The minimum atomic E-state index is -0.471. The van der Waals surface area contributed by atoms with Gasteiger partial charge in [0.25, 0.3) is 0 Å². The van der Waals surface area contributed by atoms with E-state index in [9.17, 15) is 4.79 Å². The van der Waals surface area contributed by atoms with Crippen molar-refractivity contribution < 1.29 is 9.53 Å². The molecule has 2 heterocycles. The number of nitrogens with one attached hydrogen (secondary N) is 1. The van der Waals surface area contributed by atoms with Crippen molar-refractivity contribution in [2.45, 2.75) is 37.5 Å². The molecular formula is C27H31ClN4O2. The van der Waals surface area contributed by atoms with E-state index >= 15 is 0 Å². The maximum Gasteiger partial charge on any atom is 0.235 e. The largest absolute Gasteiger partial charge is 0.492 e. The maximum atomic E-state index is 13.3. The zero-order valence-corrected chi connectivity index (χ0v) is 20.4. The number of anilines is 1. The second kappa shape index (κ2) is 9.80. The summed E-state index contributed by atoms with van der Waals surface area (Å²) >= 11 is 6.04. The van der Waals surface area contributed by atoms with Gasteiger partial charge in [0.1, 0.15) is 12.4 Å². The number of piperidine rings is 1. The Morgan fingerprint density at radius 1 is 1.09 bits per heavy atom. The van der Waals surface area contributed by atoms with Crippen LogP contribution in [-0.4, -0.2) is 46.8 Å². The minimum Gasteiger partial charge on any atom is -0.492 e. The van der Waals surface area contributed by atoms with Crippen molar-refractivity contribution in [1.29, 1.82) is 0 Å². The lowest BCUT2D eigenvalue weighted by Gasteiger charge is -2.26. The summed E-state index contributed by atoms with van der Waals surface area (Å²) in [4.78, 5) is 15.7. The second-order valence-corrected chi connectivity index (χ2v) is 9.78. The van der Waals surface area contributed by atoms with Gasteiger partial charge in [0.2, 0.25) is 5.91 Å². The summed E-state index contributed by atoms with van der Waals surface area (Å²) in [5, 5.41) is 8.16. The first-order valence-corrected chi connectivity index (χ1v) is 12.5. The predicted molar refractivity (Wildman–Crippen MR) is 135 cm³/mol. The van der Waals surface area contributed by atoms with Crippen LogP contribution in [0.3, 0.4) is 0 Å². The van der Waals surface area contributed by atoms with E-state index in [2.05, 4.69) is 15.3 Å². The standard InChI is InChI=1S/C27H31ClN4O2/c1-31-24(11-14-29-31)23-19-22(9-10-25(23)34-18-17-32-15-3-2-4-16-32)30-26(33)27(12-13-27)20-5-7-21(28)8-6-20/h5-11,14,19H,2-4,12-13,15-18H2,1H3,(H,30,33). The molecule has 5 rings (SSSR count). The van der Waals surface area contributed by atoms with Crippen LogP contribution in [0.5, 0.6) is 5.75 Å². The van der Waals surface area contributed by atoms with Gasteiger partial charge >= 0.3 is 0 Å². The van der Waals surface area contributed by atoms with Crippen molar-refractivity contribution in [3.8, 4) is 17.0 Å². The molecule has 1 aliphatic carbocycles. The summed E-state index contributed by atoms with van der Waals surface area (Å²) in [7, 11) is 1.91. The lowest BCUT2D eigenvalue weighted by atomic mass is 9.95. The smallest absolute Gasteiger partial charge is 0.235 e. The van der Waals surface area contributed by atoms with E-state index < -0.39 is 5.41 Å². The number of amides is 1. The van der Waals surface area contributed by atoms with E-state index in [4.69, 9.17) is 16.3 Å². The Labute approximate surface area is 205 Å². The van der Waals surface area contributed by atoms with Gasteiger partial charge in [-0.05, 0) is 80.7 Å². The van der Waals surface area contributed by atoms with Gasteiger partial charge < -0.3 is 10.1 Å². The molecule has 178 valence electrons. The first kappa shape index (κ1) is 22.9. The average Bonchev–Trinajstić information content (AvgIpc) is 3.56. The lowest BCUT2D eigenvalue weighted by molar-refractivity contribution is -0.118. The third-order valence-corrected chi connectivity index (χ3v) is 7.28. The van der Waals surface area contributed by atoms with Crippen molar-refractivity contribution in [2.75, 3.05) is 31.6 Å². The molecule has 3 aromatic rings. The number of halogens is 1. The number of benzene rings is 2. The van der Waals surface area contributed by atoms with Gasteiger partial charge in [0.15, 0.2) is 0 Å². The summed E-state index contributed by atoms with van der Waals surface area (Å²) in [5.74, 6) is 0.821. The fraction of sp³-hybridized carbons (Fsp3) is 0.407. The maximum absolute atomic E-state index is 13.3. The number of rotatable bonds is 8. The summed E-state index contributed by atoms with van der Waals surface area (Å²) in [6.45, 7) is 3.86. The van der Waals surface area contributed by atoms with Crippen LogP contribution in [0, 0.1) is 0 Å². The third kappa shape index (κ3) is 4.84. The van der Waals surface area contributed by atoms with E-state index in [-0.39, 0.29) is 5.91 Å². The van der Waals surface area contributed by atoms with Crippen LogP contribution in [0.1, 0.15) is 37.7 Å². The Kier molecular flexibility index (Phi) is 6.61. The van der Waals surface area contributed by atoms with Gasteiger partial charge in [0.05, 0.1) is 11.1 Å². The first-order chi connectivity index (χ1) is 16.5. The molecule has 0 unspecified atom stereocenters. The van der Waals surface area contributed by atoms with Crippen LogP contribution in [0.15, 0.2) is 54.7 Å². The molecule has 0 spiro atoms. The van der Waals surface area contributed by atoms with E-state index in [0.29, 0.717) is 11.6 Å². The van der Waals surface area contributed by atoms with E-state index in [1.807, 2.05) is 60.3 Å². The highest BCUT2D eigenvalue weighted by atomic mass is 35.5. The number of aromatic nitrogens is 2. The molecule has 1 N–H and O–H groups in total. The summed E-state index contributed by atoms with van der Waals surface area (Å²) < 4.78 is 8.06. The van der Waals surface area contributed by atoms with Crippen molar-refractivity contribution in [3.05, 3.63) is 65.3 Å². The highest BCUT2D eigenvalue weighted by molar-refractivity contribution is 6.30. The fourth-order valence-corrected chi connectivity index (χ4v) is 4.96. The van der Waals surface area contributed by atoms with Crippen LogP contribution < -0.4 is 10.1 Å². The Morgan fingerprint density at radius 2 is 1.85 bits per heavy atom. The van der Waals surface area contributed by atoms with Crippen molar-refractivity contribution >= 4 is 23.2 Å². The van der Waals surface area contributed by atoms with Crippen molar-refractivity contribution in [2.24, 2.45) is 7.05 Å². The molecule has 1 saturated carbocycles. The number of aryl methyl sites for hydroxylation is 1. The molecule has 0 bridgehead atoms. The zero-order chi connectivity index (χ0) is 23.5. The monoisotopic (exact) mass is 478 g/mol. The molecule has 1 saturated heterocycles. The minimum absolute atomic E-state index is 0.0181. The SMILES string of the molecule is Cn1nccc1-c1cc(NC(=O)C2(c3ccc(Cl)cc3)CC2)ccc1OCCN1CCCCC1. The van der Waals surface area contributed by atoms with Gasteiger partial charge in [-0.3, -0.25) is 14.4 Å². The van der Waals surface area contributed by atoms with Gasteiger partial charge in [0, 0.05) is 36.1 Å². The third-order valence-electron chi connectivity index (χ3n) is 7.03. The van der Waals surface area contributed by atoms with E-state index in [0.717, 1.165) is 60.7 Å². The topological polar surface area (TPSA) is 59.4 Å². The van der Waals surface area contributed by atoms with Crippen molar-refractivity contribution in [3.63, 3.8) is 0 Å². The normalized spacial score (nSPS) is 17.4. The molecule has 1 amide bonds. The van der Waals surface area contributed by atoms with Gasteiger partial charge in [-0.25, -0.2) is 0 Å². The molecule has 7 heteroatoms. The summed E-state index contributed by atoms with van der Waals surface area (Å²) in [6.07, 6.45) is 7.32. The fourth-order valence-electron chi connectivity index (χ4n) is 4.83. The van der Waals surface area contributed by atoms with Crippen LogP contribution in [0.25, 0.3) is 11.3 Å². The number of nitrogens with zero attached hydrogens (tertiary/aromatic N) is 3.